The lowest BCUT2D eigenvalue weighted by Gasteiger charge is -2.21. The molecule has 7 heteroatoms. The third-order valence-electron chi connectivity index (χ3n) is 4.16. The van der Waals surface area contributed by atoms with E-state index in [2.05, 4.69) is 0 Å². The van der Waals surface area contributed by atoms with Crippen molar-refractivity contribution in [2.75, 3.05) is 11.9 Å². The van der Waals surface area contributed by atoms with Gasteiger partial charge in [0.05, 0.1) is 17.0 Å². The van der Waals surface area contributed by atoms with Crippen molar-refractivity contribution in [2.45, 2.75) is 12.0 Å². The van der Waals surface area contributed by atoms with Gasteiger partial charge in [-0.1, -0.05) is 30.3 Å². The van der Waals surface area contributed by atoms with Crippen molar-refractivity contribution >= 4 is 23.1 Å². The van der Waals surface area contributed by atoms with E-state index in [9.17, 15) is 24.8 Å². The van der Waals surface area contributed by atoms with Crippen LogP contribution < -0.4 is 4.90 Å². The zero-order valence-electron chi connectivity index (χ0n) is 12.8. The topological polar surface area (TPSA) is 101 Å². The molecule has 1 atom stereocenters. The summed E-state index contributed by atoms with van der Waals surface area (Å²) in [4.78, 5) is 36.5. The molecular weight excluding hydrogens is 312 g/mol. The maximum atomic E-state index is 12.5. The van der Waals surface area contributed by atoms with Gasteiger partial charge in [-0.25, -0.2) is 0 Å². The third kappa shape index (κ3) is 2.35. The Morgan fingerprint density at radius 1 is 1.25 bits per heavy atom. The largest absolute Gasteiger partial charge is 0.375 e. The SMILES string of the molecule is CN1C(=O)[C@@](O)(CC(=O)c2cccc([N+](=O)[O-])c2)c2ccccc21. The average molecular weight is 326 g/mol. The number of anilines is 1. The normalized spacial score (nSPS) is 19.2. The maximum absolute atomic E-state index is 12.5. The summed E-state index contributed by atoms with van der Waals surface area (Å²) in [5.74, 6) is -1.14. The van der Waals surface area contributed by atoms with E-state index < -0.39 is 28.6 Å². The summed E-state index contributed by atoms with van der Waals surface area (Å²) in [7, 11) is 1.52. The van der Waals surface area contributed by atoms with E-state index >= 15 is 0 Å². The van der Waals surface area contributed by atoms with Crippen LogP contribution in [0.25, 0.3) is 0 Å². The molecule has 0 saturated carbocycles. The number of nitrogens with zero attached hydrogens (tertiary/aromatic N) is 2. The number of amides is 1. The van der Waals surface area contributed by atoms with Crippen molar-refractivity contribution in [2.24, 2.45) is 0 Å². The van der Waals surface area contributed by atoms with Gasteiger partial charge in [0.25, 0.3) is 11.6 Å². The second-order valence-corrected chi connectivity index (χ2v) is 5.65. The van der Waals surface area contributed by atoms with Crippen molar-refractivity contribution in [1.29, 1.82) is 0 Å². The molecule has 0 unspecified atom stereocenters. The van der Waals surface area contributed by atoms with Crippen LogP contribution in [0, 0.1) is 10.1 Å². The van der Waals surface area contributed by atoms with Crippen molar-refractivity contribution in [3.8, 4) is 0 Å². The molecule has 0 saturated heterocycles. The minimum absolute atomic E-state index is 0.0810. The minimum atomic E-state index is -1.97. The molecule has 1 aliphatic heterocycles. The Morgan fingerprint density at radius 2 is 1.96 bits per heavy atom. The quantitative estimate of drug-likeness (QED) is 0.526. The first-order valence-corrected chi connectivity index (χ1v) is 7.22. The van der Waals surface area contributed by atoms with Crippen LogP contribution >= 0.6 is 0 Å². The monoisotopic (exact) mass is 326 g/mol. The Kier molecular flexibility index (Phi) is 3.65. The number of Topliss-reactive ketones (excluding diaryl/α,β-unsaturated/α-hetero) is 1. The highest BCUT2D eigenvalue weighted by Crippen LogP contribution is 2.42. The first-order valence-electron chi connectivity index (χ1n) is 7.22. The molecule has 2 aromatic carbocycles. The standard InChI is InChI=1S/C17H14N2O5/c1-18-14-8-3-2-7-13(14)17(22,16(18)21)10-15(20)11-5-4-6-12(9-11)19(23)24/h2-9,22H,10H2,1H3/t17-/m1/s1. The summed E-state index contributed by atoms with van der Waals surface area (Å²) in [6.45, 7) is 0. The van der Waals surface area contributed by atoms with Crippen molar-refractivity contribution < 1.29 is 19.6 Å². The van der Waals surface area contributed by atoms with Gasteiger partial charge in [0, 0.05) is 30.3 Å². The van der Waals surface area contributed by atoms with Crippen LogP contribution in [0.2, 0.25) is 0 Å². The number of carbonyl (C=O) groups excluding carboxylic acids is 2. The molecular formula is C17H14N2O5. The van der Waals surface area contributed by atoms with Crippen LogP contribution in [-0.2, 0) is 10.4 Å². The number of hydrogen-bond acceptors (Lipinski definition) is 5. The molecule has 7 nitrogen and oxygen atoms in total. The van der Waals surface area contributed by atoms with Crippen molar-refractivity contribution in [1.82, 2.24) is 0 Å². The number of likely N-dealkylation sites (N-methyl/N-ethyl adjacent to an activating group) is 1. The number of nitro benzene ring substituents is 1. The number of benzene rings is 2. The summed E-state index contributed by atoms with van der Waals surface area (Å²) in [6, 6.07) is 11.9. The molecule has 2 aromatic rings. The minimum Gasteiger partial charge on any atom is -0.375 e. The number of non-ortho nitro benzene ring substituents is 1. The molecule has 24 heavy (non-hydrogen) atoms. The number of carbonyl (C=O) groups is 2. The predicted octanol–water partition coefficient (Wildman–Crippen LogP) is 2.03. The Hall–Kier alpha value is -3.06. The van der Waals surface area contributed by atoms with Gasteiger partial charge in [0.15, 0.2) is 11.4 Å². The molecule has 0 aliphatic carbocycles. The van der Waals surface area contributed by atoms with Crippen molar-refractivity contribution in [3.63, 3.8) is 0 Å². The van der Waals surface area contributed by atoms with Gasteiger partial charge in [0.1, 0.15) is 0 Å². The fourth-order valence-corrected chi connectivity index (χ4v) is 2.92. The highest BCUT2D eigenvalue weighted by atomic mass is 16.6. The number of fused-ring (bicyclic) bond motifs is 1. The fourth-order valence-electron chi connectivity index (χ4n) is 2.92. The van der Waals surface area contributed by atoms with Gasteiger partial charge < -0.3 is 10.0 Å². The first-order chi connectivity index (χ1) is 11.3. The van der Waals surface area contributed by atoms with Crippen LogP contribution in [0.4, 0.5) is 11.4 Å². The molecule has 1 amide bonds. The van der Waals surface area contributed by atoms with Crippen LogP contribution in [0.15, 0.2) is 48.5 Å². The number of ketones is 1. The summed E-state index contributed by atoms with van der Waals surface area (Å²) < 4.78 is 0. The molecule has 122 valence electrons. The number of rotatable bonds is 4. The van der Waals surface area contributed by atoms with Gasteiger partial charge >= 0.3 is 0 Å². The van der Waals surface area contributed by atoms with E-state index in [1.807, 2.05) is 0 Å². The number of hydrogen-bond donors (Lipinski definition) is 1. The van der Waals surface area contributed by atoms with Crippen molar-refractivity contribution in [3.05, 3.63) is 69.8 Å². The fraction of sp³-hybridized carbons (Fsp3) is 0.176. The predicted molar refractivity (Wildman–Crippen MR) is 85.8 cm³/mol. The lowest BCUT2D eigenvalue weighted by Crippen LogP contribution is -2.40. The molecule has 0 fully saturated rings. The molecule has 3 rings (SSSR count). The van der Waals surface area contributed by atoms with Gasteiger partial charge in [-0.2, -0.15) is 0 Å². The van der Waals surface area contributed by atoms with E-state index in [1.54, 1.807) is 24.3 Å². The van der Waals surface area contributed by atoms with Gasteiger partial charge in [0.2, 0.25) is 0 Å². The van der Waals surface area contributed by atoms with E-state index in [4.69, 9.17) is 0 Å². The highest BCUT2D eigenvalue weighted by Gasteiger charge is 2.49. The zero-order valence-corrected chi connectivity index (χ0v) is 12.8. The van der Waals surface area contributed by atoms with Crippen LogP contribution in [0.1, 0.15) is 22.3 Å². The zero-order chi connectivity index (χ0) is 17.5. The molecule has 0 bridgehead atoms. The summed E-state index contributed by atoms with van der Waals surface area (Å²) >= 11 is 0. The summed E-state index contributed by atoms with van der Waals surface area (Å²) in [5.41, 5.74) is -1.21. The van der Waals surface area contributed by atoms with E-state index in [1.165, 1.54) is 30.1 Å². The molecule has 1 N–H and O–H groups in total. The van der Waals surface area contributed by atoms with E-state index in [0.29, 0.717) is 11.3 Å². The highest BCUT2D eigenvalue weighted by molar-refractivity contribution is 6.10. The molecule has 1 aliphatic rings. The average Bonchev–Trinajstić information content (AvgIpc) is 2.77. The van der Waals surface area contributed by atoms with Crippen LogP contribution in [-0.4, -0.2) is 28.8 Å². The third-order valence-corrected chi connectivity index (χ3v) is 4.16. The lowest BCUT2D eigenvalue weighted by atomic mass is 9.88. The Balaban J connectivity index is 1.96. The molecule has 1 heterocycles. The molecule has 0 radical (unpaired) electrons. The first kappa shape index (κ1) is 15.8. The van der Waals surface area contributed by atoms with E-state index in [-0.39, 0.29) is 11.3 Å². The Morgan fingerprint density at radius 3 is 2.67 bits per heavy atom. The molecule has 0 spiro atoms. The lowest BCUT2D eigenvalue weighted by molar-refractivity contribution is -0.384. The van der Waals surface area contributed by atoms with Gasteiger partial charge in [-0.05, 0) is 6.07 Å². The second-order valence-electron chi connectivity index (χ2n) is 5.65. The maximum Gasteiger partial charge on any atom is 0.270 e. The van der Waals surface area contributed by atoms with Crippen LogP contribution in [0.5, 0.6) is 0 Å². The number of aliphatic hydroxyl groups is 1. The van der Waals surface area contributed by atoms with Crippen LogP contribution in [0.3, 0.4) is 0 Å². The second kappa shape index (κ2) is 5.54. The van der Waals surface area contributed by atoms with E-state index in [0.717, 1.165) is 6.07 Å². The smallest absolute Gasteiger partial charge is 0.270 e. The Bertz CT molecular complexity index is 864. The van der Waals surface area contributed by atoms with Gasteiger partial charge in [-0.15, -0.1) is 0 Å². The summed E-state index contributed by atoms with van der Waals surface area (Å²) in [6.07, 6.45) is -0.478. The molecule has 0 aromatic heterocycles. The Labute approximate surface area is 137 Å². The summed E-state index contributed by atoms with van der Waals surface area (Å²) in [5, 5.41) is 21.7. The van der Waals surface area contributed by atoms with Gasteiger partial charge in [-0.3, -0.25) is 19.7 Å². The number of para-hydroxylation sites is 1. The number of nitro groups is 1.